The topological polar surface area (TPSA) is 72.9 Å². The number of halogens is 1. The molecule has 0 bridgehead atoms. The van der Waals surface area contributed by atoms with Crippen LogP contribution in [0.1, 0.15) is 15.9 Å². The SMILES string of the molecule is Cc1ccc(O)c(C(=O)N(C)CC(=O)N2CCNCC2)c1.Cl. The lowest BCUT2D eigenvalue weighted by molar-refractivity contribution is -0.132. The van der Waals surface area contributed by atoms with Crippen molar-refractivity contribution in [1.29, 1.82) is 0 Å². The predicted octanol–water partition coefficient (Wildman–Crippen LogP) is 0.626. The Morgan fingerprint density at radius 3 is 2.59 bits per heavy atom. The number of piperazine rings is 1. The van der Waals surface area contributed by atoms with Gasteiger partial charge in [-0.15, -0.1) is 12.4 Å². The number of carbonyl (C=O) groups is 2. The molecule has 0 aromatic heterocycles. The van der Waals surface area contributed by atoms with E-state index in [0.717, 1.165) is 18.7 Å². The average Bonchev–Trinajstić information content (AvgIpc) is 2.49. The number of benzene rings is 1. The summed E-state index contributed by atoms with van der Waals surface area (Å²) in [4.78, 5) is 27.5. The maximum absolute atomic E-state index is 12.3. The molecule has 1 saturated heterocycles. The summed E-state index contributed by atoms with van der Waals surface area (Å²) in [6, 6.07) is 4.86. The molecule has 1 aliphatic rings. The van der Waals surface area contributed by atoms with Crippen LogP contribution in [-0.4, -0.2) is 66.5 Å². The molecule has 0 saturated carbocycles. The van der Waals surface area contributed by atoms with Crippen molar-refractivity contribution in [2.45, 2.75) is 6.92 Å². The first-order valence-electron chi connectivity index (χ1n) is 7.02. The van der Waals surface area contributed by atoms with E-state index in [2.05, 4.69) is 5.32 Å². The van der Waals surface area contributed by atoms with Crippen LogP contribution in [0.25, 0.3) is 0 Å². The van der Waals surface area contributed by atoms with E-state index in [9.17, 15) is 14.7 Å². The molecule has 0 aliphatic carbocycles. The van der Waals surface area contributed by atoms with Gasteiger partial charge in [0.15, 0.2) is 0 Å². The lowest BCUT2D eigenvalue weighted by Gasteiger charge is -2.29. The van der Waals surface area contributed by atoms with Crippen molar-refractivity contribution in [3.8, 4) is 5.75 Å². The number of phenols is 1. The fourth-order valence-corrected chi connectivity index (χ4v) is 2.32. The zero-order valence-corrected chi connectivity index (χ0v) is 13.7. The van der Waals surface area contributed by atoms with Gasteiger partial charge in [-0.25, -0.2) is 0 Å². The minimum Gasteiger partial charge on any atom is -0.507 e. The Morgan fingerprint density at radius 2 is 1.95 bits per heavy atom. The Morgan fingerprint density at radius 1 is 1.32 bits per heavy atom. The van der Waals surface area contributed by atoms with E-state index in [-0.39, 0.29) is 42.1 Å². The van der Waals surface area contributed by atoms with Crippen LogP contribution in [-0.2, 0) is 4.79 Å². The molecule has 1 heterocycles. The van der Waals surface area contributed by atoms with Crippen LogP contribution in [0.4, 0.5) is 0 Å². The number of nitrogens with one attached hydrogen (secondary N) is 1. The summed E-state index contributed by atoms with van der Waals surface area (Å²) >= 11 is 0. The number of aryl methyl sites for hydroxylation is 1. The molecular weight excluding hydrogens is 306 g/mol. The average molecular weight is 328 g/mol. The highest BCUT2D eigenvalue weighted by Crippen LogP contribution is 2.19. The molecule has 122 valence electrons. The highest BCUT2D eigenvalue weighted by atomic mass is 35.5. The van der Waals surface area contributed by atoms with Gasteiger partial charge in [0.05, 0.1) is 12.1 Å². The van der Waals surface area contributed by atoms with Crippen molar-refractivity contribution in [2.24, 2.45) is 0 Å². The van der Waals surface area contributed by atoms with Crippen LogP contribution in [0.5, 0.6) is 5.75 Å². The number of nitrogens with zero attached hydrogens (tertiary/aromatic N) is 2. The first kappa shape index (κ1) is 18.3. The predicted molar refractivity (Wildman–Crippen MR) is 86.5 cm³/mol. The monoisotopic (exact) mass is 327 g/mol. The number of aromatic hydroxyl groups is 1. The molecule has 0 radical (unpaired) electrons. The number of phenolic OH excluding ortho intramolecular Hbond substituents is 1. The smallest absolute Gasteiger partial charge is 0.257 e. The summed E-state index contributed by atoms with van der Waals surface area (Å²) in [6.45, 7) is 4.76. The third kappa shape index (κ3) is 4.35. The van der Waals surface area contributed by atoms with E-state index in [4.69, 9.17) is 0 Å². The fraction of sp³-hybridized carbons (Fsp3) is 0.467. The molecule has 1 aromatic carbocycles. The molecule has 0 atom stereocenters. The molecule has 0 spiro atoms. The first-order valence-corrected chi connectivity index (χ1v) is 7.02. The van der Waals surface area contributed by atoms with Crippen molar-refractivity contribution >= 4 is 24.2 Å². The maximum atomic E-state index is 12.3. The molecule has 6 nitrogen and oxygen atoms in total. The number of carbonyl (C=O) groups excluding carboxylic acids is 2. The molecule has 2 N–H and O–H groups in total. The van der Waals surface area contributed by atoms with E-state index in [1.54, 1.807) is 24.1 Å². The fourth-order valence-electron chi connectivity index (χ4n) is 2.32. The van der Waals surface area contributed by atoms with E-state index >= 15 is 0 Å². The van der Waals surface area contributed by atoms with Crippen molar-refractivity contribution in [1.82, 2.24) is 15.1 Å². The van der Waals surface area contributed by atoms with Gasteiger partial charge in [-0.1, -0.05) is 11.6 Å². The Balaban J connectivity index is 0.00000242. The van der Waals surface area contributed by atoms with Crippen LogP contribution < -0.4 is 5.32 Å². The number of rotatable bonds is 3. The van der Waals surface area contributed by atoms with E-state index < -0.39 is 0 Å². The van der Waals surface area contributed by atoms with Crippen molar-refractivity contribution in [3.63, 3.8) is 0 Å². The Labute approximate surface area is 136 Å². The zero-order valence-electron chi connectivity index (χ0n) is 12.8. The summed E-state index contributed by atoms with van der Waals surface area (Å²) in [5, 5.41) is 13.0. The quantitative estimate of drug-likeness (QED) is 0.854. The Bertz CT molecular complexity index is 545. The third-order valence-electron chi connectivity index (χ3n) is 3.57. The number of amides is 2. The molecular formula is C15H22ClN3O3. The lowest BCUT2D eigenvalue weighted by Crippen LogP contribution is -2.49. The van der Waals surface area contributed by atoms with Crippen LogP contribution in [0, 0.1) is 6.92 Å². The molecule has 1 aliphatic heterocycles. The maximum Gasteiger partial charge on any atom is 0.257 e. The first-order chi connectivity index (χ1) is 9.99. The van der Waals surface area contributed by atoms with Gasteiger partial charge in [0.25, 0.3) is 5.91 Å². The van der Waals surface area contributed by atoms with Gasteiger partial charge in [0.2, 0.25) is 5.91 Å². The molecule has 1 aromatic rings. The Hall–Kier alpha value is -1.79. The van der Waals surface area contributed by atoms with Gasteiger partial charge in [-0.2, -0.15) is 0 Å². The molecule has 2 amide bonds. The molecule has 0 unspecified atom stereocenters. The van der Waals surface area contributed by atoms with Gasteiger partial charge in [-0.05, 0) is 19.1 Å². The molecule has 1 fully saturated rings. The standard InChI is InChI=1S/C15H21N3O3.ClH/c1-11-3-4-13(19)12(9-11)15(21)17(2)10-14(20)18-7-5-16-6-8-18;/h3-4,9,16,19H,5-8,10H2,1-2H3;1H. The zero-order chi connectivity index (χ0) is 15.4. The molecule has 22 heavy (non-hydrogen) atoms. The number of hydrogen-bond acceptors (Lipinski definition) is 4. The number of hydrogen-bond donors (Lipinski definition) is 2. The van der Waals surface area contributed by atoms with Crippen LogP contribution >= 0.6 is 12.4 Å². The minimum atomic E-state index is -0.348. The van der Waals surface area contributed by atoms with Gasteiger partial charge in [-0.3, -0.25) is 9.59 Å². The van der Waals surface area contributed by atoms with Gasteiger partial charge >= 0.3 is 0 Å². The van der Waals surface area contributed by atoms with E-state index in [1.165, 1.54) is 11.0 Å². The third-order valence-corrected chi connectivity index (χ3v) is 3.57. The van der Waals surface area contributed by atoms with Crippen LogP contribution in [0.3, 0.4) is 0 Å². The second kappa shape index (κ2) is 8.00. The van der Waals surface area contributed by atoms with Gasteiger partial charge in [0, 0.05) is 33.2 Å². The van der Waals surface area contributed by atoms with Gasteiger partial charge < -0.3 is 20.2 Å². The summed E-state index contributed by atoms with van der Waals surface area (Å²) in [7, 11) is 1.57. The highest BCUT2D eigenvalue weighted by molar-refractivity contribution is 5.98. The summed E-state index contributed by atoms with van der Waals surface area (Å²) in [5.41, 5.74) is 1.11. The van der Waals surface area contributed by atoms with Crippen molar-refractivity contribution < 1.29 is 14.7 Å². The summed E-state index contributed by atoms with van der Waals surface area (Å²) < 4.78 is 0. The van der Waals surface area contributed by atoms with Crippen LogP contribution in [0.15, 0.2) is 18.2 Å². The highest BCUT2D eigenvalue weighted by Gasteiger charge is 2.22. The molecule has 7 heteroatoms. The Kier molecular flexibility index (Phi) is 6.64. The van der Waals surface area contributed by atoms with E-state index in [1.807, 2.05) is 6.92 Å². The van der Waals surface area contributed by atoms with E-state index in [0.29, 0.717) is 13.1 Å². The summed E-state index contributed by atoms with van der Waals surface area (Å²) in [5.74, 6) is -0.480. The van der Waals surface area contributed by atoms with Crippen molar-refractivity contribution in [2.75, 3.05) is 39.8 Å². The second-order valence-corrected chi connectivity index (χ2v) is 5.31. The normalized spacial score (nSPS) is 14.2. The lowest BCUT2D eigenvalue weighted by atomic mass is 10.1. The molecule has 2 rings (SSSR count). The summed E-state index contributed by atoms with van der Waals surface area (Å²) in [6.07, 6.45) is 0. The van der Waals surface area contributed by atoms with Gasteiger partial charge in [0.1, 0.15) is 5.75 Å². The van der Waals surface area contributed by atoms with Crippen LogP contribution in [0.2, 0.25) is 0 Å². The van der Waals surface area contributed by atoms with Crippen molar-refractivity contribution in [3.05, 3.63) is 29.3 Å². The second-order valence-electron chi connectivity index (χ2n) is 5.31. The minimum absolute atomic E-state index is 0. The largest absolute Gasteiger partial charge is 0.507 e. The number of likely N-dealkylation sites (N-methyl/N-ethyl adjacent to an activating group) is 1.